The van der Waals surface area contributed by atoms with E-state index in [1.54, 1.807) is 4.31 Å². The molecule has 0 spiro atoms. The van der Waals surface area contributed by atoms with Gasteiger partial charge in [0.15, 0.2) is 0 Å². The van der Waals surface area contributed by atoms with Gasteiger partial charge >= 0.3 is 0 Å². The van der Waals surface area contributed by atoms with Gasteiger partial charge in [0.2, 0.25) is 0 Å². The summed E-state index contributed by atoms with van der Waals surface area (Å²) in [4.78, 5) is 0. The lowest BCUT2D eigenvalue weighted by Crippen LogP contribution is -2.41. The Morgan fingerprint density at radius 3 is 1.38 bits per heavy atom. The quantitative estimate of drug-likeness (QED) is 0.224. The summed E-state index contributed by atoms with van der Waals surface area (Å²) in [7, 11) is 0. The van der Waals surface area contributed by atoms with Crippen LogP contribution in [0.15, 0.2) is 0 Å². The topological polar surface area (TPSA) is 43.4 Å². The summed E-state index contributed by atoms with van der Waals surface area (Å²) >= 11 is -2.10. The minimum atomic E-state index is -2.10. The first kappa shape index (κ1) is 24.1. The highest BCUT2D eigenvalue weighted by molar-refractivity contribution is 7.76. The van der Waals surface area contributed by atoms with Crippen LogP contribution in [-0.2, 0) is 11.3 Å². The van der Waals surface area contributed by atoms with Gasteiger partial charge in [-0.1, -0.05) is 90.9 Å². The van der Waals surface area contributed by atoms with E-state index in [4.69, 9.17) is 0 Å². The van der Waals surface area contributed by atoms with Crippen molar-refractivity contribution in [2.24, 2.45) is 0 Å². The number of rotatable bonds is 17. The maximum absolute atomic E-state index is 11.7. The van der Waals surface area contributed by atoms with Crippen LogP contribution >= 0.6 is 0 Å². The van der Waals surface area contributed by atoms with Crippen molar-refractivity contribution in [3.63, 3.8) is 0 Å². The molecule has 0 radical (unpaired) electrons. The van der Waals surface area contributed by atoms with Crippen LogP contribution in [-0.4, -0.2) is 25.2 Å². The van der Waals surface area contributed by atoms with E-state index in [-0.39, 0.29) is 12.1 Å². The maximum atomic E-state index is 11.7. The SMILES string of the molecule is CCCCCCCCC(C)N(C(C)CCCCCCCC)S(=O)[O-]. The Bertz CT molecular complexity index is 277. The predicted molar refractivity (Wildman–Crippen MR) is 106 cm³/mol. The average molecular weight is 361 g/mol. The zero-order valence-corrected chi connectivity index (χ0v) is 17.5. The number of unbranched alkanes of at least 4 members (excludes halogenated alkanes) is 10. The van der Waals surface area contributed by atoms with E-state index in [9.17, 15) is 8.76 Å². The van der Waals surface area contributed by atoms with E-state index in [1.165, 1.54) is 64.2 Å². The van der Waals surface area contributed by atoms with E-state index in [2.05, 4.69) is 27.7 Å². The first-order valence-corrected chi connectivity index (χ1v) is 11.4. The molecule has 0 bridgehead atoms. The molecule has 0 amide bonds. The minimum Gasteiger partial charge on any atom is -0.760 e. The van der Waals surface area contributed by atoms with Crippen molar-refractivity contribution in [3.05, 3.63) is 0 Å². The summed E-state index contributed by atoms with van der Waals surface area (Å²) in [6, 6.07) is 0.259. The second-order valence-corrected chi connectivity index (χ2v) is 8.24. The van der Waals surface area contributed by atoms with Crippen molar-refractivity contribution in [2.45, 2.75) is 130 Å². The molecule has 0 heterocycles. The summed E-state index contributed by atoms with van der Waals surface area (Å²) in [6.07, 6.45) is 17.1. The molecule has 0 saturated carbocycles. The Kier molecular flexibility index (Phi) is 16.6. The molecule has 0 saturated heterocycles. The lowest BCUT2D eigenvalue weighted by molar-refractivity contribution is 0.237. The second kappa shape index (κ2) is 16.5. The lowest BCUT2D eigenvalue weighted by Gasteiger charge is -2.35. The zero-order chi connectivity index (χ0) is 18.2. The van der Waals surface area contributed by atoms with E-state index in [0.717, 1.165) is 25.7 Å². The van der Waals surface area contributed by atoms with E-state index in [0.29, 0.717) is 0 Å². The van der Waals surface area contributed by atoms with Crippen molar-refractivity contribution < 1.29 is 8.76 Å². The summed E-state index contributed by atoms with van der Waals surface area (Å²) in [5.41, 5.74) is 0. The summed E-state index contributed by atoms with van der Waals surface area (Å²) in [5.74, 6) is 0. The van der Waals surface area contributed by atoms with Crippen LogP contribution in [0.4, 0.5) is 0 Å². The molecule has 0 aliphatic carbocycles. The predicted octanol–water partition coefficient (Wildman–Crippen LogP) is 6.36. The van der Waals surface area contributed by atoms with Crippen molar-refractivity contribution >= 4 is 11.3 Å². The van der Waals surface area contributed by atoms with Crippen molar-refractivity contribution in [2.75, 3.05) is 0 Å². The highest BCUT2D eigenvalue weighted by atomic mass is 32.2. The molecular weight excluding hydrogens is 318 g/mol. The van der Waals surface area contributed by atoms with Gasteiger partial charge in [-0.25, -0.2) is 4.31 Å². The molecule has 0 fully saturated rings. The first-order chi connectivity index (χ1) is 11.5. The standard InChI is InChI=1S/C20H43NO2S/c1-5-7-9-11-13-15-17-19(3)21(24(22)23)20(4)18-16-14-12-10-8-6-2/h19-20H,5-18H2,1-4H3,(H,22,23)/p-1. The van der Waals surface area contributed by atoms with Crippen LogP contribution in [0.25, 0.3) is 0 Å². The second-order valence-electron chi connectivity index (χ2n) is 7.39. The van der Waals surface area contributed by atoms with Gasteiger partial charge in [0.25, 0.3) is 0 Å². The van der Waals surface area contributed by atoms with Gasteiger partial charge in [-0.2, -0.15) is 0 Å². The van der Waals surface area contributed by atoms with Crippen LogP contribution in [0.2, 0.25) is 0 Å². The number of hydrogen-bond acceptors (Lipinski definition) is 2. The highest BCUT2D eigenvalue weighted by Crippen LogP contribution is 2.19. The Labute approximate surface area is 154 Å². The van der Waals surface area contributed by atoms with Crippen molar-refractivity contribution in [1.82, 2.24) is 4.31 Å². The molecule has 0 aromatic rings. The molecule has 0 aromatic carbocycles. The highest BCUT2D eigenvalue weighted by Gasteiger charge is 2.20. The number of nitrogens with zero attached hydrogens (tertiary/aromatic N) is 1. The van der Waals surface area contributed by atoms with E-state index in [1.807, 2.05) is 0 Å². The molecule has 4 heteroatoms. The smallest absolute Gasteiger partial charge is 0.0214 e. The summed E-state index contributed by atoms with van der Waals surface area (Å²) in [6.45, 7) is 8.60. The van der Waals surface area contributed by atoms with Gasteiger partial charge in [0, 0.05) is 23.4 Å². The molecule has 0 rings (SSSR count). The van der Waals surface area contributed by atoms with E-state index < -0.39 is 11.3 Å². The van der Waals surface area contributed by atoms with Crippen molar-refractivity contribution in [1.29, 1.82) is 0 Å². The van der Waals surface area contributed by atoms with Crippen LogP contribution in [0.1, 0.15) is 118 Å². The molecule has 0 N–H and O–H groups in total. The van der Waals surface area contributed by atoms with Gasteiger partial charge < -0.3 is 4.55 Å². The third-order valence-electron chi connectivity index (χ3n) is 4.99. The van der Waals surface area contributed by atoms with Crippen LogP contribution in [0, 0.1) is 0 Å². The zero-order valence-electron chi connectivity index (χ0n) is 16.7. The molecule has 24 heavy (non-hydrogen) atoms. The van der Waals surface area contributed by atoms with Crippen LogP contribution in [0.3, 0.4) is 0 Å². The third kappa shape index (κ3) is 12.4. The molecule has 3 unspecified atom stereocenters. The molecule has 0 aliphatic rings. The fraction of sp³-hybridized carbons (Fsp3) is 1.00. The maximum Gasteiger partial charge on any atom is 0.0214 e. The van der Waals surface area contributed by atoms with Crippen LogP contribution in [0.5, 0.6) is 0 Å². The van der Waals surface area contributed by atoms with Crippen molar-refractivity contribution in [3.8, 4) is 0 Å². The molecule has 3 nitrogen and oxygen atoms in total. The van der Waals surface area contributed by atoms with Gasteiger partial charge in [0.05, 0.1) is 0 Å². The number of hydrogen-bond donors (Lipinski definition) is 0. The Morgan fingerprint density at radius 1 is 0.708 bits per heavy atom. The van der Waals surface area contributed by atoms with E-state index >= 15 is 0 Å². The fourth-order valence-electron chi connectivity index (χ4n) is 3.42. The average Bonchev–Trinajstić information content (AvgIpc) is 2.53. The Hall–Kier alpha value is 0.0700. The Morgan fingerprint density at radius 2 is 1.04 bits per heavy atom. The van der Waals surface area contributed by atoms with Gasteiger partial charge in [0.1, 0.15) is 0 Å². The first-order valence-electron chi connectivity index (χ1n) is 10.4. The summed E-state index contributed by atoms with van der Waals surface area (Å²) in [5, 5.41) is 0. The minimum absolute atomic E-state index is 0.129. The molecular formula is C20H42NO2S-. The lowest BCUT2D eigenvalue weighted by atomic mass is 10.0. The molecule has 0 aliphatic heterocycles. The Balaban J connectivity index is 4.00. The molecule has 3 atom stereocenters. The third-order valence-corrected chi connectivity index (χ3v) is 6.06. The summed E-state index contributed by atoms with van der Waals surface area (Å²) < 4.78 is 25.0. The molecule has 0 aromatic heterocycles. The van der Waals surface area contributed by atoms with Gasteiger partial charge in [-0.05, 0) is 26.7 Å². The fourth-order valence-corrected chi connectivity index (χ4v) is 4.22. The van der Waals surface area contributed by atoms with Crippen LogP contribution < -0.4 is 0 Å². The largest absolute Gasteiger partial charge is 0.760 e. The normalized spacial score (nSPS) is 15.6. The van der Waals surface area contributed by atoms with Gasteiger partial charge in [-0.15, -0.1) is 0 Å². The van der Waals surface area contributed by atoms with Gasteiger partial charge in [-0.3, -0.25) is 4.21 Å². The monoisotopic (exact) mass is 360 g/mol. The molecule has 146 valence electrons.